The summed E-state index contributed by atoms with van der Waals surface area (Å²) < 4.78 is 34.3. The van der Waals surface area contributed by atoms with Crippen LogP contribution in [0.2, 0.25) is 0 Å². The minimum absolute atomic E-state index is 0.119. The van der Waals surface area contributed by atoms with Crippen LogP contribution in [0.3, 0.4) is 0 Å². The number of benzene rings is 2. The molecular formula is C24H28ClN2O8P. The first kappa shape index (κ1) is 27.5. The van der Waals surface area contributed by atoms with Crippen molar-refractivity contribution in [1.29, 1.82) is 0 Å². The molecular weight excluding hydrogens is 511 g/mol. The van der Waals surface area contributed by atoms with Crippen LogP contribution >= 0.6 is 20.2 Å². The molecule has 0 spiro atoms. The summed E-state index contributed by atoms with van der Waals surface area (Å²) in [5, 5.41) is 2.39. The van der Waals surface area contributed by atoms with Gasteiger partial charge in [-0.05, 0) is 61.4 Å². The van der Waals surface area contributed by atoms with Crippen LogP contribution in [0.25, 0.3) is 0 Å². The van der Waals surface area contributed by atoms with Crippen LogP contribution in [0.4, 0.5) is 4.79 Å². The number of hydrogen-bond donors (Lipinski definition) is 1. The van der Waals surface area contributed by atoms with Gasteiger partial charge in [0.15, 0.2) is 6.29 Å². The van der Waals surface area contributed by atoms with Gasteiger partial charge in [-0.15, -0.1) is 0 Å². The SMILES string of the molecule is CNC(=O)N(/C=C(/Cl)C=O)C1CCC(COP(Oc2ccc(OC)cc2)Oc2ccc(OC)cc2)O1. The van der Waals surface area contributed by atoms with Gasteiger partial charge in [0, 0.05) is 13.2 Å². The molecule has 0 radical (unpaired) electrons. The Labute approximate surface area is 216 Å². The zero-order chi connectivity index (χ0) is 25.9. The second-order valence-electron chi connectivity index (χ2n) is 7.44. The number of nitrogens with zero attached hydrogens (tertiary/aromatic N) is 1. The average Bonchev–Trinajstić information content (AvgIpc) is 3.39. The fourth-order valence-corrected chi connectivity index (χ4v) is 4.36. The largest absolute Gasteiger partial charge is 0.497 e. The molecule has 2 atom stereocenters. The van der Waals surface area contributed by atoms with E-state index in [1.807, 2.05) is 0 Å². The predicted octanol–water partition coefficient (Wildman–Crippen LogP) is 4.83. The maximum Gasteiger partial charge on any atom is 0.463 e. The number of amides is 2. The number of hydrogen-bond acceptors (Lipinski definition) is 8. The Morgan fingerprint density at radius 2 is 1.56 bits per heavy atom. The molecule has 0 saturated carbocycles. The number of carbonyl (C=O) groups excluding carboxylic acids is 2. The van der Waals surface area contributed by atoms with Crippen molar-refractivity contribution in [2.24, 2.45) is 0 Å². The molecule has 12 heteroatoms. The van der Waals surface area contributed by atoms with Crippen LogP contribution in [-0.4, -0.2) is 57.4 Å². The van der Waals surface area contributed by atoms with E-state index in [0.29, 0.717) is 42.1 Å². The minimum atomic E-state index is -1.85. The van der Waals surface area contributed by atoms with Crippen molar-refractivity contribution in [3.05, 3.63) is 59.8 Å². The minimum Gasteiger partial charge on any atom is -0.497 e. The molecule has 1 saturated heterocycles. The van der Waals surface area contributed by atoms with Crippen molar-refractivity contribution in [2.75, 3.05) is 27.9 Å². The van der Waals surface area contributed by atoms with Crippen LogP contribution in [-0.2, 0) is 14.1 Å². The smallest absolute Gasteiger partial charge is 0.463 e. The Bertz CT molecular complexity index is 972. The van der Waals surface area contributed by atoms with Gasteiger partial charge in [-0.3, -0.25) is 14.2 Å². The summed E-state index contributed by atoms with van der Waals surface area (Å²) in [7, 11) is 2.80. The van der Waals surface area contributed by atoms with Gasteiger partial charge in [0.1, 0.15) is 29.2 Å². The number of nitrogens with one attached hydrogen (secondary N) is 1. The van der Waals surface area contributed by atoms with E-state index in [9.17, 15) is 9.59 Å². The second-order valence-corrected chi connectivity index (χ2v) is 8.94. The van der Waals surface area contributed by atoms with E-state index in [-0.39, 0.29) is 17.7 Å². The van der Waals surface area contributed by atoms with Gasteiger partial charge in [0.25, 0.3) is 0 Å². The molecule has 10 nitrogen and oxygen atoms in total. The summed E-state index contributed by atoms with van der Waals surface area (Å²) >= 11 is 5.82. The number of ether oxygens (including phenoxy) is 3. The third-order valence-electron chi connectivity index (χ3n) is 5.06. The molecule has 1 heterocycles. The van der Waals surface area contributed by atoms with Gasteiger partial charge >= 0.3 is 14.6 Å². The van der Waals surface area contributed by atoms with Crippen molar-refractivity contribution < 1.29 is 37.4 Å². The van der Waals surface area contributed by atoms with Gasteiger partial charge in [-0.25, -0.2) is 4.79 Å². The third kappa shape index (κ3) is 7.99. The normalized spacial score (nSPS) is 17.4. The van der Waals surface area contributed by atoms with Crippen molar-refractivity contribution in [2.45, 2.75) is 25.2 Å². The van der Waals surface area contributed by atoms with Crippen LogP contribution < -0.4 is 23.8 Å². The Balaban J connectivity index is 1.65. The molecule has 1 fully saturated rings. The Morgan fingerprint density at radius 3 is 2.03 bits per heavy atom. The van der Waals surface area contributed by atoms with E-state index in [0.717, 1.165) is 0 Å². The molecule has 0 bridgehead atoms. The lowest BCUT2D eigenvalue weighted by molar-refractivity contribution is -0.104. The number of halogens is 1. The van der Waals surface area contributed by atoms with Crippen LogP contribution in [0.5, 0.6) is 23.0 Å². The van der Waals surface area contributed by atoms with Crippen molar-refractivity contribution in [3.63, 3.8) is 0 Å². The van der Waals surface area contributed by atoms with Crippen molar-refractivity contribution >= 4 is 32.5 Å². The Morgan fingerprint density at radius 1 is 1.03 bits per heavy atom. The standard InChI is InChI=1S/C24H28ClN2O8P/c1-26-24(29)27(14-17(25)15-28)23-13-12-22(33-23)16-32-36(34-20-8-4-18(30-2)5-9-20)35-21-10-6-19(31-3)7-11-21/h4-11,14-15,22-23H,12-13,16H2,1-3H3,(H,26,29)/b17-14+. The molecule has 1 N–H and O–H groups in total. The summed E-state index contributed by atoms with van der Waals surface area (Å²) in [4.78, 5) is 24.4. The van der Waals surface area contributed by atoms with E-state index in [4.69, 9.17) is 39.4 Å². The summed E-state index contributed by atoms with van der Waals surface area (Å²) in [6.45, 7) is 0.154. The van der Waals surface area contributed by atoms with Crippen LogP contribution in [0.15, 0.2) is 59.8 Å². The van der Waals surface area contributed by atoms with E-state index >= 15 is 0 Å². The molecule has 1 aliphatic rings. The van der Waals surface area contributed by atoms with E-state index < -0.39 is 20.9 Å². The topological polar surface area (TPSA) is 105 Å². The van der Waals surface area contributed by atoms with E-state index in [1.165, 1.54) is 18.1 Å². The lowest BCUT2D eigenvalue weighted by Gasteiger charge is -2.25. The monoisotopic (exact) mass is 538 g/mol. The highest BCUT2D eigenvalue weighted by Crippen LogP contribution is 2.43. The van der Waals surface area contributed by atoms with Gasteiger partial charge in [0.2, 0.25) is 0 Å². The molecule has 1 aliphatic heterocycles. The van der Waals surface area contributed by atoms with Gasteiger partial charge < -0.3 is 28.6 Å². The van der Waals surface area contributed by atoms with Gasteiger partial charge in [-0.1, -0.05) is 11.6 Å². The lowest BCUT2D eigenvalue weighted by Crippen LogP contribution is -2.42. The zero-order valence-corrected chi connectivity index (χ0v) is 21.7. The molecule has 194 valence electrons. The molecule has 0 aliphatic carbocycles. The predicted molar refractivity (Wildman–Crippen MR) is 134 cm³/mol. The Kier molecular flexibility index (Phi) is 10.6. The molecule has 2 aromatic carbocycles. The molecule has 2 unspecified atom stereocenters. The second kappa shape index (κ2) is 13.9. The number of methoxy groups -OCH3 is 2. The number of rotatable bonds is 12. The molecule has 2 aromatic rings. The number of allylic oxidation sites excluding steroid dienone is 1. The third-order valence-corrected chi connectivity index (χ3v) is 6.33. The molecule has 0 aromatic heterocycles. The summed E-state index contributed by atoms with van der Waals surface area (Å²) in [6.07, 6.45) is 1.88. The van der Waals surface area contributed by atoms with Gasteiger partial charge in [0.05, 0.1) is 32.0 Å². The van der Waals surface area contributed by atoms with Crippen LogP contribution in [0, 0.1) is 0 Å². The first-order chi connectivity index (χ1) is 17.4. The van der Waals surface area contributed by atoms with Gasteiger partial charge in [-0.2, -0.15) is 0 Å². The number of carbonyl (C=O) groups is 2. The molecule has 3 rings (SSSR count). The van der Waals surface area contributed by atoms with Crippen molar-refractivity contribution in [3.8, 4) is 23.0 Å². The summed E-state index contributed by atoms with van der Waals surface area (Å²) in [5.74, 6) is 2.47. The highest BCUT2D eigenvalue weighted by atomic mass is 35.5. The number of urea groups is 1. The fraction of sp³-hybridized carbons (Fsp3) is 0.333. The summed E-state index contributed by atoms with van der Waals surface area (Å²) in [5.41, 5.74) is 0. The lowest BCUT2D eigenvalue weighted by atomic mass is 10.2. The highest BCUT2D eigenvalue weighted by Gasteiger charge is 2.33. The van der Waals surface area contributed by atoms with E-state index in [2.05, 4.69) is 5.32 Å². The number of aldehydes is 1. The van der Waals surface area contributed by atoms with Crippen LogP contribution in [0.1, 0.15) is 12.8 Å². The van der Waals surface area contributed by atoms with Crippen molar-refractivity contribution in [1.82, 2.24) is 10.2 Å². The first-order valence-corrected chi connectivity index (χ1v) is 12.5. The molecule has 2 amide bonds. The first-order valence-electron chi connectivity index (χ1n) is 11.0. The quantitative estimate of drug-likeness (QED) is 0.233. The highest BCUT2D eigenvalue weighted by molar-refractivity contribution is 7.42. The maximum absolute atomic E-state index is 12.3. The average molecular weight is 539 g/mol. The van der Waals surface area contributed by atoms with E-state index in [1.54, 1.807) is 62.8 Å². The summed E-state index contributed by atoms with van der Waals surface area (Å²) in [6, 6.07) is 13.6. The molecule has 36 heavy (non-hydrogen) atoms. The zero-order valence-electron chi connectivity index (χ0n) is 20.1. The Hall–Kier alpha value is -3.04. The maximum atomic E-state index is 12.3. The fourth-order valence-electron chi connectivity index (χ4n) is 3.24.